The third-order valence-electron chi connectivity index (χ3n) is 16.3. The maximum Gasteiger partial charge on any atom is 0.220 e. The maximum absolute atomic E-state index is 13.2. The second-order valence-electron chi connectivity index (χ2n) is 23.6. The smallest absolute Gasteiger partial charge is 0.220 e. The molecule has 0 radical (unpaired) electrons. The minimum absolute atomic E-state index is 0.251. The van der Waals surface area contributed by atoms with Crippen LogP contribution in [0.3, 0.4) is 0 Å². The lowest BCUT2D eigenvalue weighted by Gasteiger charge is -2.46. The fourth-order valence-electron chi connectivity index (χ4n) is 11.0. The van der Waals surface area contributed by atoms with Crippen LogP contribution in [-0.4, -0.2) is 140 Å². The van der Waals surface area contributed by atoms with E-state index < -0.39 is 86.8 Å². The number of carbonyl (C=O) groups excluding carboxylic acids is 1. The number of aliphatic hydroxyl groups excluding tert-OH is 8. The summed E-state index contributed by atoms with van der Waals surface area (Å²) < 4.78 is 22.8. The number of nitrogens with one attached hydrogen (secondary N) is 1. The van der Waals surface area contributed by atoms with Crippen molar-refractivity contribution >= 4 is 5.91 Å². The van der Waals surface area contributed by atoms with Crippen LogP contribution in [0.15, 0.2) is 36.5 Å². The molecule has 0 bridgehead atoms. The number of hydrogen-bond acceptors (Lipinski definition) is 13. The van der Waals surface area contributed by atoms with Gasteiger partial charge in [-0.25, -0.2) is 0 Å². The lowest BCUT2D eigenvalue weighted by Crippen LogP contribution is -2.65. The molecule has 0 aliphatic carbocycles. The van der Waals surface area contributed by atoms with Gasteiger partial charge in [-0.1, -0.05) is 269 Å². The highest BCUT2D eigenvalue weighted by atomic mass is 16.7. The predicted molar refractivity (Wildman–Crippen MR) is 323 cm³/mol. The van der Waals surface area contributed by atoms with Crippen LogP contribution in [0.25, 0.3) is 0 Å². The lowest BCUT2D eigenvalue weighted by atomic mass is 9.97. The Labute approximate surface area is 487 Å². The Hall–Kier alpha value is -1.79. The van der Waals surface area contributed by atoms with Gasteiger partial charge in [0.2, 0.25) is 5.91 Å². The van der Waals surface area contributed by atoms with Crippen molar-refractivity contribution in [1.82, 2.24) is 5.32 Å². The molecule has 14 nitrogen and oxygen atoms in total. The van der Waals surface area contributed by atoms with E-state index in [-0.39, 0.29) is 18.9 Å². The highest BCUT2D eigenvalue weighted by molar-refractivity contribution is 5.76. The average Bonchev–Trinajstić information content (AvgIpc) is 3.53. The topological polar surface area (TPSA) is 228 Å². The highest BCUT2D eigenvalue weighted by Gasteiger charge is 2.51. The van der Waals surface area contributed by atoms with E-state index in [4.69, 9.17) is 18.9 Å². The lowest BCUT2D eigenvalue weighted by molar-refractivity contribution is -0.359. The Morgan fingerprint density at radius 3 is 1.23 bits per heavy atom. The molecule has 12 unspecified atom stereocenters. The summed E-state index contributed by atoms with van der Waals surface area (Å²) in [5.74, 6) is -0.251. The summed E-state index contributed by atoms with van der Waals surface area (Å²) in [5, 5.41) is 87.1. The van der Waals surface area contributed by atoms with Crippen molar-refractivity contribution in [2.45, 2.75) is 357 Å². The van der Waals surface area contributed by atoms with Gasteiger partial charge >= 0.3 is 0 Å². The van der Waals surface area contributed by atoms with E-state index in [2.05, 4.69) is 43.5 Å². The molecule has 80 heavy (non-hydrogen) atoms. The summed E-state index contributed by atoms with van der Waals surface area (Å²) in [6.07, 6.45) is 48.0. The summed E-state index contributed by atoms with van der Waals surface area (Å²) in [6.45, 7) is 2.79. The molecule has 0 aromatic carbocycles. The van der Waals surface area contributed by atoms with Crippen molar-refractivity contribution in [3.63, 3.8) is 0 Å². The quantitative estimate of drug-likeness (QED) is 0.0204. The summed E-state index contributed by atoms with van der Waals surface area (Å²) in [4.78, 5) is 13.2. The van der Waals surface area contributed by atoms with E-state index in [0.29, 0.717) is 12.8 Å². The number of aliphatic hydroxyl groups is 8. The van der Waals surface area contributed by atoms with Crippen molar-refractivity contribution in [2.24, 2.45) is 0 Å². The second-order valence-corrected chi connectivity index (χ2v) is 23.6. The molecular formula is C66H123NO13. The predicted octanol–water partition coefficient (Wildman–Crippen LogP) is 12.6. The number of hydrogen-bond donors (Lipinski definition) is 9. The molecule has 0 spiro atoms. The van der Waals surface area contributed by atoms with Crippen LogP contribution in [0.2, 0.25) is 0 Å². The fraction of sp³-hybridized carbons (Fsp3) is 0.894. The minimum Gasteiger partial charge on any atom is -0.394 e. The molecule has 2 aliphatic rings. The normalized spacial score (nSPS) is 24.4. The Morgan fingerprint density at radius 1 is 0.438 bits per heavy atom. The van der Waals surface area contributed by atoms with Gasteiger partial charge in [-0.15, -0.1) is 0 Å². The van der Waals surface area contributed by atoms with Gasteiger partial charge in [0.05, 0.1) is 32.0 Å². The van der Waals surface area contributed by atoms with Crippen molar-refractivity contribution in [2.75, 3.05) is 19.8 Å². The van der Waals surface area contributed by atoms with E-state index in [9.17, 15) is 45.6 Å². The molecule has 0 saturated carbocycles. The number of amides is 1. The van der Waals surface area contributed by atoms with Gasteiger partial charge in [-0.2, -0.15) is 0 Å². The van der Waals surface area contributed by atoms with Crippen molar-refractivity contribution < 1.29 is 64.6 Å². The Balaban J connectivity index is 1.67. The molecule has 14 heteroatoms. The summed E-state index contributed by atoms with van der Waals surface area (Å²) in [7, 11) is 0. The van der Waals surface area contributed by atoms with Gasteiger partial charge in [-0.3, -0.25) is 4.79 Å². The van der Waals surface area contributed by atoms with E-state index in [0.717, 1.165) is 44.9 Å². The molecule has 9 N–H and O–H groups in total. The van der Waals surface area contributed by atoms with Crippen LogP contribution < -0.4 is 5.32 Å². The first-order chi connectivity index (χ1) is 39.1. The standard InChI is InChI=1S/C66H123NO13/c1-3-5-7-9-11-13-15-17-18-19-20-21-22-23-24-25-26-27-28-29-30-31-32-33-34-35-36-38-39-41-43-45-47-49-55(70)54(67-58(71)50-48-46-44-42-40-37-16-14-12-10-8-6-4-2)53-77-65-63(76)61(74)64(57(52-69)79-65)80-66-62(75)60(73)59(72)56(51-68)78-66/h34-35,39,41,47,49,54-57,59-66,68-70,72-76H,3-33,36-38,40,42-46,48,50-53H2,1-2H3,(H,67,71)/b35-34+,41-39+,49-47+. The van der Waals surface area contributed by atoms with Crippen LogP contribution in [-0.2, 0) is 23.7 Å². The van der Waals surface area contributed by atoms with Gasteiger partial charge in [0.1, 0.15) is 48.8 Å². The molecule has 2 fully saturated rings. The monoisotopic (exact) mass is 1140 g/mol. The van der Waals surface area contributed by atoms with Crippen LogP contribution in [0.4, 0.5) is 0 Å². The molecule has 1 amide bonds. The van der Waals surface area contributed by atoms with E-state index in [1.165, 1.54) is 205 Å². The SMILES string of the molecule is CCCCCCCCCCCCCCCCCCCCCCCCC/C=C/CC/C=C/CC/C=C/C(O)C(COC1OC(CO)C(OC2OC(CO)C(O)C(O)C2O)C(O)C1O)NC(=O)CCCCCCCCCCCCCCC. The Bertz CT molecular complexity index is 1480. The first kappa shape index (κ1) is 74.3. The van der Waals surface area contributed by atoms with Crippen LogP contribution in [0, 0.1) is 0 Å². The zero-order valence-corrected chi connectivity index (χ0v) is 50.8. The summed E-state index contributed by atoms with van der Waals surface area (Å²) in [5.41, 5.74) is 0. The average molecular weight is 1140 g/mol. The molecule has 2 heterocycles. The van der Waals surface area contributed by atoms with Gasteiger partial charge in [-0.05, 0) is 44.9 Å². The van der Waals surface area contributed by atoms with E-state index >= 15 is 0 Å². The Morgan fingerprint density at radius 2 is 0.800 bits per heavy atom. The van der Waals surface area contributed by atoms with Crippen molar-refractivity contribution in [3.05, 3.63) is 36.5 Å². The largest absolute Gasteiger partial charge is 0.394 e. The third kappa shape index (κ3) is 36.1. The first-order valence-electron chi connectivity index (χ1n) is 33.2. The van der Waals surface area contributed by atoms with Crippen LogP contribution >= 0.6 is 0 Å². The third-order valence-corrected chi connectivity index (χ3v) is 16.3. The molecule has 0 aromatic heterocycles. The number of rotatable bonds is 54. The molecule has 12 atom stereocenters. The number of allylic oxidation sites excluding steroid dienone is 5. The first-order valence-corrected chi connectivity index (χ1v) is 33.2. The minimum atomic E-state index is -1.79. The van der Waals surface area contributed by atoms with Gasteiger partial charge in [0.15, 0.2) is 12.6 Å². The molecule has 0 aromatic rings. The number of ether oxygens (including phenoxy) is 4. The number of carbonyl (C=O) groups is 1. The van der Waals surface area contributed by atoms with Crippen molar-refractivity contribution in [1.29, 1.82) is 0 Å². The van der Waals surface area contributed by atoms with E-state index in [1.807, 2.05) is 6.08 Å². The van der Waals surface area contributed by atoms with Crippen LogP contribution in [0.5, 0.6) is 0 Å². The zero-order chi connectivity index (χ0) is 58.1. The number of unbranched alkanes of at least 4 members (excludes halogenated alkanes) is 37. The van der Waals surface area contributed by atoms with Crippen molar-refractivity contribution in [3.8, 4) is 0 Å². The van der Waals surface area contributed by atoms with Crippen LogP contribution in [0.1, 0.15) is 284 Å². The molecule has 2 rings (SSSR count). The highest BCUT2D eigenvalue weighted by Crippen LogP contribution is 2.30. The fourth-order valence-corrected chi connectivity index (χ4v) is 11.0. The Kier molecular flexibility index (Phi) is 47.9. The molecule has 2 aliphatic heterocycles. The van der Waals surface area contributed by atoms with Gasteiger partial charge in [0, 0.05) is 6.42 Å². The molecular weight excluding hydrogens is 1010 g/mol. The maximum atomic E-state index is 13.2. The summed E-state index contributed by atoms with van der Waals surface area (Å²) in [6, 6.07) is -0.935. The summed E-state index contributed by atoms with van der Waals surface area (Å²) >= 11 is 0. The van der Waals surface area contributed by atoms with Gasteiger partial charge in [0.25, 0.3) is 0 Å². The van der Waals surface area contributed by atoms with Gasteiger partial charge < -0.3 is 65.1 Å². The molecule has 470 valence electrons. The van der Waals surface area contributed by atoms with E-state index in [1.54, 1.807) is 6.08 Å². The molecule has 2 saturated heterocycles. The zero-order valence-electron chi connectivity index (χ0n) is 50.8. The second kappa shape index (κ2) is 51.6.